The zero-order valence-electron chi connectivity index (χ0n) is 19.6. The maximum atomic E-state index is 12.4. The Morgan fingerprint density at radius 1 is 1.06 bits per heavy atom. The lowest BCUT2D eigenvalue weighted by Crippen LogP contribution is -2.32. The number of nitrogens with one attached hydrogen (secondary N) is 3. The smallest absolute Gasteiger partial charge is 0.412 e. The van der Waals surface area contributed by atoms with Gasteiger partial charge in [0.25, 0.3) is 5.91 Å². The quantitative estimate of drug-likeness (QED) is 0.365. The predicted octanol–water partition coefficient (Wildman–Crippen LogP) is 4.25. The Bertz CT molecular complexity index is 1190. The van der Waals surface area contributed by atoms with Gasteiger partial charge in [0.15, 0.2) is 5.82 Å². The van der Waals surface area contributed by atoms with E-state index >= 15 is 0 Å². The summed E-state index contributed by atoms with van der Waals surface area (Å²) in [6, 6.07) is 17.5. The number of nitrogens with zero attached hydrogens (tertiary/aromatic N) is 1. The van der Waals surface area contributed by atoms with Crippen LogP contribution in [0.25, 0.3) is 11.1 Å². The Labute approximate surface area is 202 Å². The summed E-state index contributed by atoms with van der Waals surface area (Å²) in [5.74, 6) is -1.35. The highest BCUT2D eigenvalue weighted by molar-refractivity contribution is 5.94. The van der Waals surface area contributed by atoms with Crippen molar-refractivity contribution in [1.82, 2.24) is 15.5 Å². The third-order valence-electron chi connectivity index (χ3n) is 6.30. The molecule has 1 aromatic heterocycles. The van der Waals surface area contributed by atoms with Crippen molar-refractivity contribution in [2.75, 3.05) is 18.5 Å². The SMILES string of the molecule is CC(C)C(CNC(=O)c1cc(NC(=O)OCC2c3ccccc3-c3ccccc32)n[nH]1)CC(=O)O. The molecule has 0 fully saturated rings. The van der Waals surface area contributed by atoms with Crippen LogP contribution >= 0.6 is 0 Å². The molecule has 4 N–H and O–H groups in total. The largest absolute Gasteiger partial charge is 0.481 e. The first kappa shape index (κ1) is 24.0. The van der Waals surface area contributed by atoms with Gasteiger partial charge in [-0.15, -0.1) is 0 Å². The van der Waals surface area contributed by atoms with Crippen molar-refractivity contribution in [3.63, 3.8) is 0 Å². The monoisotopic (exact) mass is 476 g/mol. The van der Waals surface area contributed by atoms with Crippen LogP contribution in [0.2, 0.25) is 0 Å². The summed E-state index contributed by atoms with van der Waals surface area (Å²) in [6.45, 7) is 4.20. The second-order valence-corrected chi connectivity index (χ2v) is 8.93. The van der Waals surface area contributed by atoms with E-state index < -0.39 is 18.0 Å². The van der Waals surface area contributed by atoms with Crippen LogP contribution in [0.1, 0.15) is 47.8 Å². The number of hydrogen-bond acceptors (Lipinski definition) is 5. The number of ether oxygens (including phenoxy) is 1. The minimum Gasteiger partial charge on any atom is -0.481 e. The Morgan fingerprint density at radius 2 is 1.69 bits per heavy atom. The Balaban J connectivity index is 1.32. The molecular weight excluding hydrogens is 448 g/mol. The summed E-state index contributed by atoms with van der Waals surface area (Å²) >= 11 is 0. The Morgan fingerprint density at radius 3 is 2.29 bits per heavy atom. The zero-order chi connectivity index (χ0) is 24.9. The number of hydrogen-bond donors (Lipinski definition) is 4. The van der Waals surface area contributed by atoms with Crippen LogP contribution in [-0.4, -0.2) is 46.4 Å². The molecule has 9 nitrogen and oxygen atoms in total. The molecule has 182 valence electrons. The average Bonchev–Trinajstić information content (AvgIpc) is 3.42. The molecule has 0 saturated carbocycles. The molecule has 2 amide bonds. The molecule has 0 saturated heterocycles. The van der Waals surface area contributed by atoms with Crippen LogP contribution in [0.5, 0.6) is 0 Å². The standard InChI is InChI=1S/C26H28N4O5/c1-15(2)16(11-24(31)32)13-27-25(33)22-12-23(30-29-22)28-26(34)35-14-21-19-9-5-3-7-17(19)18-8-4-6-10-20(18)21/h3-10,12,15-16,21H,11,13-14H2,1-2H3,(H,27,33)(H,31,32)(H2,28,29,30,34). The van der Waals surface area contributed by atoms with Crippen molar-refractivity contribution in [2.45, 2.75) is 26.2 Å². The van der Waals surface area contributed by atoms with E-state index in [1.807, 2.05) is 50.2 Å². The summed E-state index contributed by atoms with van der Waals surface area (Å²) in [5, 5.41) is 20.8. The van der Waals surface area contributed by atoms with E-state index in [9.17, 15) is 14.4 Å². The topological polar surface area (TPSA) is 133 Å². The van der Waals surface area contributed by atoms with E-state index in [0.29, 0.717) is 0 Å². The van der Waals surface area contributed by atoms with Gasteiger partial charge >= 0.3 is 12.1 Å². The van der Waals surface area contributed by atoms with E-state index in [0.717, 1.165) is 22.3 Å². The number of anilines is 1. The fourth-order valence-electron chi connectivity index (χ4n) is 4.33. The molecular formula is C26H28N4O5. The lowest BCUT2D eigenvalue weighted by molar-refractivity contribution is -0.138. The molecule has 0 radical (unpaired) electrons. The lowest BCUT2D eigenvalue weighted by Gasteiger charge is -2.19. The minimum atomic E-state index is -0.908. The molecule has 4 rings (SSSR count). The molecule has 1 aliphatic rings. The summed E-state index contributed by atoms with van der Waals surface area (Å²) in [7, 11) is 0. The number of aromatic amines is 1. The molecule has 1 unspecified atom stereocenters. The van der Waals surface area contributed by atoms with Crippen molar-refractivity contribution in [1.29, 1.82) is 0 Å². The number of rotatable bonds is 9. The van der Waals surface area contributed by atoms with E-state index in [-0.39, 0.29) is 48.8 Å². The van der Waals surface area contributed by atoms with E-state index in [1.165, 1.54) is 6.07 Å². The summed E-state index contributed by atoms with van der Waals surface area (Å²) < 4.78 is 5.50. The van der Waals surface area contributed by atoms with Crippen molar-refractivity contribution in [3.8, 4) is 11.1 Å². The van der Waals surface area contributed by atoms with Crippen LogP contribution in [0.4, 0.5) is 10.6 Å². The van der Waals surface area contributed by atoms with Crippen LogP contribution in [0.3, 0.4) is 0 Å². The van der Waals surface area contributed by atoms with Gasteiger partial charge in [0.05, 0.1) is 6.42 Å². The highest BCUT2D eigenvalue weighted by Gasteiger charge is 2.29. The van der Waals surface area contributed by atoms with Crippen molar-refractivity contribution < 1.29 is 24.2 Å². The van der Waals surface area contributed by atoms with Gasteiger partial charge < -0.3 is 15.2 Å². The molecule has 0 spiro atoms. The van der Waals surface area contributed by atoms with Crippen LogP contribution in [0.15, 0.2) is 54.6 Å². The van der Waals surface area contributed by atoms with E-state index in [4.69, 9.17) is 9.84 Å². The van der Waals surface area contributed by atoms with Crippen molar-refractivity contribution in [3.05, 3.63) is 71.4 Å². The summed E-state index contributed by atoms with van der Waals surface area (Å²) in [4.78, 5) is 35.9. The Hall–Kier alpha value is -4.14. The van der Waals surface area contributed by atoms with Crippen LogP contribution < -0.4 is 10.6 Å². The fourth-order valence-corrected chi connectivity index (χ4v) is 4.33. The number of carboxylic acids is 1. The van der Waals surface area contributed by atoms with Gasteiger partial charge in [-0.05, 0) is 34.1 Å². The highest BCUT2D eigenvalue weighted by Crippen LogP contribution is 2.44. The first-order chi connectivity index (χ1) is 16.8. The molecule has 1 aliphatic carbocycles. The van der Waals surface area contributed by atoms with E-state index in [1.54, 1.807) is 0 Å². The maximum absolute atomic E-state index is 12.4. The second-order valence-electron chi connectivity index (χ2n) is 8.93. The van der Waals surface area contributed by atoms with Gasteiger partial charge in [-0.3, -0.25) is 20.0 Å². The summed E-state index contributed by atoms with van der Waals surface area (Å²) in [5.41, 5.74) is 4.66. The number of H-pyrrole nitrogens is 1. The first-order valence-corrected chi connectivity index (χ1v) is 11.5. The first-order valence-electron chi connectivity index (χ1n) is 11.5. The number of benzene rings is 2. The molecule has 3 aromatic rings. The average molecular weight is 477 g/mol. The third kappa shape index (κ3) is 5.51. The number of amides is 2. The molecule has 0 aliphatic heterocycles. The number of carbonyl (C=O) groups is 3. The fraction of sp³-hybridized carbons (Fsp3) is 0.308. The maximum Gasteiger partial charge on any atom is 0.412 e. The van der Waals surface area contributed by atoms with Crippen molar-refractivity contribution in [2.24, 2.45) is 11.8 Å². The van der Waals surface area contributed by atoms with Gasteiger partial charge in [0.2, 0.25) is 0 Å². The number of carboxylic acid groups (broad SMARTS) is 1. The van der Waals surface area contributed by atoms with Gasteiger partial charge in [0, 0.05) is 18.5 Å². The third-order valence-corrected chi connectivity index (χ3v) is 6.30. The highest BCUT2D eigenvalue weighted by atomic mass is 16.5. The van der Waals surface area contributed by atoms with Gasteiger partial charge in [-0.2, -0.15) is 5.10 Å². The number of carbonyl (C=O) groups excluding carboxylic acids is 2. The van der Waals surface area contributed by atoms with Crippen LogP contribution in [-0.2, 0) is 9.53 Å². The summed E-state index contributed by atoms with van der Waals surface area (Å²) in [6.07, 6.45) is -0.707. The zero-order valence-corrected chi connectivity index (χ0v) is 19.6. The molecule has 1 heterocycles. The normalized spacial score (nSPS) is 13.1. The number of aliphatic carboxylic acids is 1. The van der Waals surface area contributed by atoms with Gasteiger partial charge in [-0.25, -0.2) is 4.79 Å². The number of fused-ring (bicyclic) bond motifs is 3. The number of aromatic nitrogens is 2. The van der Waals surface area contributed by atoms with Crippen LogP contribution in [0, 0.1) is 11.8 Å². The van der Waals surface area contributed by atoms with E-state index in [2.05, 4.69) is 33.0 Å². The molecule has 9 heteroatoms. The minimum absolute atomic E-state index is 0.0322. The predicted molar refractivity (Wildman–Crippen MR) is 130 cm³/mol. The molecule has 0 bridgehead atoms. The second kappa shape index (κ2) is 10.4. The van der Waals surface area contributed by atoms with Gasteiger partial charge in [-0.1, -0.05) is 62.4 Å². The molecule has 35 heavy (non-hydrogen) atoms. The van der Waals surface area contributed by atoms with Gasteiger partial charge in [0.1, 0.15) is 12.3 Å². The Kier molecular flexibility index (Phi) is 7.14. The van der Waals surface area contributed by atoms with Crippen molar-refractivity contribution >= 4 is 23.8 Å². The molecule has 1 atom stereocenters. The lowest BCUT2D eigenvalue weighted by atomic mass is 9.92. The molecule has 2 aromatic carbocycles.